The predicted molar refractivity (Wildman–Crippen MR) is 111 cm³/mol. The number of nitrogens with two attached hydrogens (primary N) is 1. The highest BCUT2D eigenvalue weighted by Crippen LogP contribution is 2.31. The van der Waals surface area contributed by atoms with Gasteiger partial charge in [-0.05, 0) is 53.4 Å². The van der Waals surface area contributed by atoms with E-state index >= 15 is 0 Å². The van der Waals surface area contributed by atoms with Crippen LogP contribution in [0.3, 0.4) is 0 Å². The molecule has 3 rings (SSSR count). The SMILES string of the molecule is NS(=O)(=O)c1ccc(CCNC(=O)c2ccccc2-c2ccc(C(F)(F)F)cc2)cc1. The smallest absolute Gasteiger partial charge is 0.352 e. The molecule has 0 saturated heterocycles. The fraction of sp³-hybridized carbons (Fsp3) is 0.136. The minimum absolute atomic E-state index is 0.00533. The highest BCUT2D eigenvalue weighted by Gasteiger charge is 2.30. The lowest BCUT2D eigenvalue weighted by atomic mass is 9.98. The van der Waals surface area contributed by atoms with Crippen molar-refractivity contribution in [3.8, 4) is 11.1 Å². The summed E-state index contributed by atoms with van der Waals surface area (Å²) in [4.78, 5) is 12.7. The molecule has 3 N–H and O–H groups in total. The van der Waals surface area contributed by atoms with Crippen LogP contribution in [0, 0.1) is 0 Å². The first-order chi connectivity index (χ1) is 14.6. The molecule has 0 heterocycles. The highest BCUT2D eigenvalue weighted by atomic mass is 32.2. The minimum atomic E-state index is -4.43. The second-order valence-electron chi connectivity index (χ2n) is 6.82. The van der Waals surface area contributed by atoms with Crippen LogP contribution in [0.4, 0.5) is 13.2 Å². The van der Waals surface area contributed by atoms with E-state index in [2.05, 4.69) is 5.32 Å². The van der Waals surface area contributed by atoms with E-state index in [0.29, 0.717) is 23.1 Å². The lowest BCUT2D eigenvalue weighted by Gasteiger charge is -2.12. The maximum absolute atomic E-state index is 12.8. The predicted octanol–water partition coefficient (Wildman–Crippen LogP) is 3.99. The fourth-order valence-corrected chi connectivity index (χ4v) is 3.55. The van der Waals surface area contributed by atoms with Crippen molar-refractivity contribution in [2.24, 2.45) is 5.14 Å². The summed E-state index contributed by atoms with van der Waals surface area (Å²) in [5.41, 5.74) is 1.41. The molecule has 162 valence electrons. The quantitative estimate of drug-likeness (QED) is 0.598. The van der Waals surface area contributed by atoms with Crippen LogP contribution in [0.2, 0.25) is 0 Å². The topological polar surface area (TPSA) is 89.3 Å². The van der Waals surface area contributed by atoms with E-state index in [1.54, 1.807) is 36.4 Å². The summed E-state index contributed by atoms with van der Waals surface area (Å²) in [5, 5.41) is 7.84. The summed E-state index contributed by atoms with van der Waals surface area (Å²) >= 11 is 0. The lowest BCUT2D eigenvalue weighted by Crippen LogP contribution is -2.26. The molecule has 3 aromatic rings. The molecule has 0 fully saturated rings. The number of alkyl halides is 3. The van der Waals surface area contributed by atoms with Gasteiger partial charge in [-0.3, -0.25) is 4.79 Å². The zero-order valence-electron chi connectivity index (χ0n) is 16.2. The van der Waals surface area contributed by atoms with Crippen molar-refractivity contribution in [1.82, 2.24) is 5.32 Å². The van der Waals surface area contributed by atoms with Gasteiger partial charge >= 0.3 is 6.18 Å². The van der Waals surface area contributed by atoms with Crippen LogP contribution in [0.25, 0.3) is 11.1 Å². The van der Waals surface area contributed by atoms with Gasteiger partial charge in [0.05, 0.1) is 10.5 Å². The van der Waals surface area contributed by atoms with Crippen LogP contribution in [0.15, 0.2) is 77.7 Å². The van der Waals surface area contributed by atoms with Crippen LogP contribution in [-0.4, -0.2) is 20.9 Å². The Balaban J connectivity index is 1.69. The Hall–Kier alpha value is -3.17. The Morgan fingerprint density at radius 3 is 2.10 bits per heavy atom. The third-order valence-corrected chi connectivity index (χ3v) is 5.58. The molecule has 0 aliphatic rings. The average molecular weight is 448 g/mol. The molecule has 0 atom stereocenters. The Labute approximate surface area is 177 Å². The number of halogens is 3. The van der Waals surface area contributed by atoms with Gasteiger partial charge in [-0.15, -0.1) is 0 Å². The summed E-state index contributed by atoms with van der Waals surface area (Å²) in [5.74, 6) is -0.364. The zero-order valence-corrected chi connectivity index (χ0v) is 17.0. The maximum atomic E-state index is 12.8. The van der Waals surface area contributed by atoms with E-state index in [1.165, 1.54) is 24.3 Å². The summed E-state index contributed by atoms with van der Waals surface area (Å²) in [6.07, 6.45) is -3.97. The first-order valence-electron chi connectivity index (χ1n) is 9.22. The molecular weight excluding hydrogens is 429 g/mol. The number of sulfonamides is 1. The lowest BCUT2D eigenvalue weighted by molar-refractivity contribution is -0.137. The molecule has 5 nitrogen and oxygen atoms in total. The molecule has 0 aromatic heterocycles. The number of carbonyl (C=O) groups is 1. The van der Waals surface area contributed by atoms with Gasteiger partial charge in [-0.2, -0.15) is 13.2 Å². The Morgan fingerprint density at radius 2 is 1.52 bits per heavy atom. The van der Waals surface area contributed by atoms with Crippen LogP contribution in [0.1, 0.15) is 21.5 Å². The van der Waals surface area contributed by atoms with Gasteiger partial charge in [-0.25, -0.2) is 13.6 Å². The highest BCUT2D eigenvalue weighted by molar-refractivity contribution is 7.89. The number of hydrogen-bond acceptors (Lipinski definition) is 3. The zero-order chi connectivity index (χ0) is 22.6. The van der Waals surface area contributed by atoms with Gasteiger partial charge in [0, 0.05) is 12.1 Å². The van der Waals surface area contributed by atoms with Crippen LogP contribution >= 0.6 is 0 Å². The molecule has 0 bridgehead atoms. The second kappa shape index (κ2) is 8.91. The van der Waals surface area contributed by atoms with Gasteiger partial charge in [0.2, 0.25) is 10.0 Å². The van der Waals surface area contributed by atoms with Crippen molar-refractivity contribution in [1.29, 1.82) is 0 Å². The second-order valence-corrected chi connectivity index (χ2v) is 8.38. The number of nitrogens with one attached hydrogen (secondary N) is 1. The number of benzene rings is 3. The summed E-state index contributed by atoms with van der Waals surface area (Å²) in [7, 11) is -3.76. The van der Waals surface area contributed by atoms with Crippen LogP contribution in [-0.2, 0) is 22.6 Å². The van der Waals surface area contributed by atoms with Crippen molar-refractivity contribution in [3.05, 3.63) is 89.5 Å². The van der Waals surface area contributed by atoms with Crippen molar-refractivity contribution in [2.75, 3.05) is 6.54 Å². The number of rotatable bonds is 6. The number of carbonyl (C=O) groups excluding carboxylic acids is 1. The molecule has 0 radical (unpaired) electrons. The van der Waals surface area contributed by atoms with E-state index < -0.39 is 21.8 Å². The van der Waals surface area contributed by atoms with E-state index in [0.717, 1.165) is 17.7 Å². The molecule has 0 aliphatic carbocycles. The van der Waals surface area contributed by atoms with Gasteiger partial charge in [0.1, 0.15) is 0 Å². The Kier molecular flexibility index (Phi) is 6.47. The normalized spacial score (nSPS) is 11.9. The largest absolute Gasteiger partial charge is 0.416 e. The number of primary sulfonamides is 1. The van der Waals surface area contributed by atoms with Crippen molar-refractivity contribution >= 4 is 15.9 Å². The van der Waals surface area contributed by atoms with Crippen molar-refractivity contribution in [3.63, 3.8) is 0 Å². The minimum Gasteiger partial charge on any atom is -0.352 e. The standard InChI is InChI=1S/C22H19F3N2O3S/c23-22(24,25)17-9-7-16(8-10-17)19-3-1-2-4-20(19)21(28)27-14-13-15-5-11-18(12-6-15)31(26,29)30/h1-12H,13-14H2,(H,27,28)(H2,26,29,30). The molecule has 3 aromatic carbocycles. The molecule has 9 heteroatoms. The van der Waals surface area contributed by atoms with E-state index in [4.69, 9.17) is 5.14 Å². The molecule has 0 saturated carbocycles. The van der Waals surface area contributed by atoms with Crippen molar-refractivity contribution < 1.29 is 26.4 Å². The summed E-state index contributed by atoms with van der Waals surface area (Å²) in [6.45, 7) is 0.287. The average Bonchev–Trinajstić information content (AvgIpc) is 2.73. The molecule has 1 amide bonds. The number of hydrogen-bond donors (Lipinski definition) is 2. The number of amides is 1. The Bertz CT molecular complexity index is 1170. The van der Waals surface area contributed by atoms with Gasteiger partial charge in [0.25, 0.3) is 5.91 Å². The van der Waals surface area contributed by atoms with Crippen molar-refractivity contribution in [2.45, 2.75) is 17.5 Å². The molecule has 31 heavy (non-hydrogen) atoms. The van der Waals surface area contributed by atoms with E-state index in [1.807, 2.05) is 0 Å². The van der Waals surface area contributed by atoms with Gasteiger partial charge in [0.15, 0.2) is 0 Å². The van der Waals surface area contributed by atoms with E-state index in [9.17, 15) is 26.4 Å². The van der Waals surface area contributed by atoms with E-state index in [-0.39, 0.29) is 17.3 Å². The third-order valence-electron chi connectivity index (χ3n) is 4.65. The van der Waals surface area contributed by atoms with Crippen LogP contribution < -0.4 is 10.5 Å². The molecular formula is C22H19F3N2O3S. The maximum Gasteiger partial charge on any atom is 0.416 e. The first kappa shape index (κ1) is 22.5. The molecule has 0 spiro atoms. The first-order valence-corrected chi connectivity index (χ1v) is 10.8. The Morgan fingerprint density at radius 1 is 0.903 bits per heavy atom. The van der Waals surface area contributed by atoms with Crippen LogP contribution in [0.5, 0.6) is 0 Å². The van der Waals surface area contributed by atoms with Gasteiger partial charge in [-0.1, -0.05) is 42.5 Å². The molecule has 0 aliphatic heterocycles. The third kappa shape index (κ3) is 5.71. The fourth-order valence-electron chi connectivity index (χ4n) is 3.03. The summed E-state index contributed by atoms with van der Waals surface area (Å²) < 4.78 is 60.9. The molecule has 0 unspecified atom stereocenters. The monoisotopic (exact) mass is 448 g/mol. The summed E-state index contributed by atoms with van der Waals surface area (Å²) in [6, 6.07) is 17.3. The van der Waals surface area contributed by atoms with Gasteiger partial charge < -0.3 is 5.32 Å².